The summed E-state index contributed by atoms with van der Waals surface area (Å²) < 4.78 is 13.2. The van der Waals surface area contributed by atoms with Crippen molar-refractivity contribution in [3.8, 4) is 16.9 Å². The molecule has 4 aromatic rings. The molecule has 1 aliphatic heterocycles. The Morgan fingerprint density at radius 2 is 1.51 bits per heavy atom. The van der Waals surface area contributed by atoms with Crippen molar-refractivity contribution in [2.24, 2.45) is 0 Å². The molecule has 1 aromatic heterocycles. The number of aliphatic hydroxyl groups is 1. The van der Waals surface area contributed by atoms with E-state index in [9.17, 15) is 19.4 Å². The fraction of sp³-hybridized carbons (Fsp3) is 0.143. The molecule has 5 nitrogen and oxygen atoms in total. The molecule has 0 aliphatic carbocycles. The molecule has 1 amide bonds. The maximum absolute atomic E-state index is 13.3. The van der Waals surface area contributed by atoms with Gasteiger partial charge in [0.05, 0.1) is 12.1 Å². The number of nitrogens with zero attached hydrogens (tertiary/aromatic N) is 2. The van der Waals surface area contributed by atoms with Crippen LogP contribution in [0, 0.1) is 5.82 Å². The lowest BCUT2D eigenvalue weighted by Gasteiger charge is -2.47. The Kier molecular flexibility index (Phi) is 6.53. The van der Waals surface area contributed by atoms with E-state index in [1.165, 1.54) is 23.9 Å². The van der Waals surface area contributed by atoms with E-state index >= 15 is 0 Å². The second kappa shape index (κ2) is 9.90. The number of aromatic hydroxyl groups is 1. The zero-order chi connectivity index (χ0) is 24.4. The van der Waals surface area contributed by atoms with Crippen LogP contribution in [0.3, 0.4) is 0 Å². The number of aliphatic hydroxyl groups excluding tert-OH is 1. The molecule has 2 N–H and O–H groups in total. The number of phenolic OH excluding ortho intramolecular Hbond substituents is 1. The van der Waals surface area contributed by atoms with Gasteiger partial charge in [0.25, 0.3) is 0 Å². The summed E-state index contributed by atoms with van der Waals surface area (Å²) in [4.78, 5) is 19.1. The number of aromatic nitrogens is 1. The third-order valence-electron chi connectivity index (χ3n) is 6.13. The van der Waals surface area contributed by atoms with Gasteiger partial charge < -0.3 is 15.1 Å². The molecule has 35 heavy (non-hydrogen) atoms. The largest absolute Gasteiger partial charge is 0.508 e. The van der Waals surface area contributed by atoms with Gasteiger partial charge in [-0.3, -0.25) is 9.78 Å². The zero-order valence-electron chi connectivity index (χ0n) is 18.7. The molecule has 3 atom stereocenters. The molecular weight excluding hydrogens is 463 g/mol. The molecule has 7 heteroatoms. The number of benzene rings is 3. The SMILES string of the molecule is O=C1[C@H](SC[C@@H](O)c2ccc(F)cc2)[C@@H](c2ccc(O)cc2)N1c1ccc(-c2ccncc2)cc1. The van der Waals surface area contributed by atoms with Crippen LogP contribution in [0.5, 0.6) is 5.75 Å². The van der Waals surface area contributed by atoms with Crippen LogP contribution >= 0.6 is 11.8 Å². The predicted octanol–water partition coefficient (Wildman–Crippen LogP) is 5.52. The van der Waals surface area contributed by atoms with Crippen molar-refractivity contribution in [1.29, 1.82) is 0 Å². The maximum atomic E-state index is 13.3. The summed E-state index contributed by atoms with van der Waals surface area (Å²) in [5.41, 5.74) is 4.35. The Morgan fingerprint density at radius 3 is 2.17 bits per heavy atom. The number of thioether (sulfide) groups is 1. The highest BCUT2D eigenvalue weighted by molar-refractivity contribution is 8.00. The first kappa shape index (κ1) is 23.1. The number of hydrogen-bond acceptors (Lipinski definition) is 5. The van der Waals surface area contributed by atoms with E-state index in [4.69, 9.17) is 0 Å². The van der Waals surface area contributed by atoms with Crippen LogP contribution in [0.2, 0.25) is 0 Å². The summed E-state index contributed by atoms with van der Waals surface area (Å²) in [6.45, 7) is 0. The summed E-state index contributed by atoms with van der Waals surface area (Å²) in [7, 11) is 0. The molecule has 0 bridgehead atoms. The Hall–Kier alpha value is -3.68. The van der Waals surface area contributed by atoms with Gasteiger partial charge in [-0.25, -0.2) is 4.39 Å². The van der Waals surface area contributed by atoms with Crippen LogP contribution in [0.4, 0.5) is 10.1 Å². The minimum atomic E-state index is -0.817. The number of rotatable bonds is 7. The molecular formula is C28H23FN2O3S. The van der Waals surface area contributed by atoms with Crippen molar-refractivity contribution in [3.05, 3.63) is 114 Å². The second-order valence-corrected chi connectivity index (χ2v) is 9.52. The highest BCUT2D eigenvalue weighted by atomic mass is 32.2. The van der Waals surface area contributed by atoms with Gasteiger partial charge in [0.2, 0.25) is 5.91 Å². The number of hydrogen-bond donors (Lipinski definition) is 2. The summed E-state index contributed by atoms with van der Waals surface area (Å²) in [5, 5.41) is 19.9. The number of phenols is 1. The minimum Gasteiger partial charge on any atom is -0.508 e. The van der Waals surface area contributed by atoms with Crippen LogP contribution in [0.15, 0.2) is 97.3 Å². The van der Waals surface area contributed by atoms with Gasteiger partial charge >= 0.3 is 0 Å². The molecule has 3 aromatic carbocycles. The lowest BCUT2D eigenvalue weighted by atomic mass is 9.92. The van der Waals surface area contributed by atoms with Gasteiger partial charge in [-0.05, 0) is 70.8 Å². The quantitative estimate of drug-likeness (QED) is 0.337. The predicted molar refractivity (Wildman–Crippen MR) is 136 cm³/mol. The molecule has 1 aliphatic rings. The van der Waals surface area contributed by atoms with Crippen LogP contribution in [0.25, 0.3) is 11.1 Å². The van der Waals surface area contributed by atoms with Gasteiger partial charge in [-0.1, -0.05) is 36.4 Å². The van der Waals surface area contributed by atoms with E-state index in [0.717, 1.165) is 22.4 Å². The standard InChI is InChI=1S/C28H23FN2O3S/c29-22-7-1-20(2-8-22)25(33)17-35-27-26(21-5-11-24(32)12-6-21)31(28(27)34)23-9-3-18(4-10-23)19-13-15-30-16-14-19/h1-16,25-27,32-33H,17H2/t25-,26-,27-/m1/s1. The average molecular weight is 487 g/mol. The number of carbonyl (C=O) groups excluding carboxylic acids is 1. The first-order chi connectivity index (χ1) is 17.0. The molecule has 0 radical (unpaired) electrons. The number of anilines is 1. The van der Waals surface area contributed by atoms with Gasteiger partial charge in [-0.2, -0.15) is 0 Å². The first-order valence-corrected chi connectivity index (χ1v) is 12.2. The van der Waals surface area contributed by atoms with Crippen molar-refractivity contribution in [1.82, 2.24) is 4.98 Å². The van der Waals surface area contributed by atoms with Crippen LogP contribution < -0.4 is 4.90 Å². The van der Waals surface area contributed by atoms with Crippen molar-refractivity contribution >= 4 is 23.4 Å². The van der Waals surface area contributed by atoms with Gasteiger partial charge in [0.15, 0.2) is 0 Å². The van der Waals surface area contributed by atoms with Gasteiger partial charge in [-0.15, -0.1) is 11.8 Å². The molecule has 5 rings (SSSR count). The van der Waals surface area contributed by atoms with E-state index in [-0.39, 0.29) is 23.5 Å². The summed E-state index contributed by atoms with van der Waals surface area (Å²) in [6, 6.07) is 24.0. The lowest BCUT2D eigenvalue weighted by molar-refractivity contribution is -0.123. The molecule has 176 valence electrons. The van der Waals surface area contributed by atoms with Crippen molar-refractivity contribution in [2.75, 3.05) is 10.7 Å². The fourth-order valence-corrected chi connectivity index (χ4v) is 5.54. The van der Waals surface area contributed by atoms with Crippen LogP contribution in [0.1, 0.15) is 23.3 Å². The molecule has 1 saturated heterocycles. The Labute approximate surface area is 206 Å². The third kappa shape index (κ3) is 4.78. The minimum absolute atomic E-state index is 0.0453. The monoisotopic (exact) mass is 486 g/mol. The highest BCUT2D eigenvalue weighted by Crippen LogP contribution is 2.46. The fourth-order valence-electron chi connectivity index (χ4n) is 4.24. The molecule has 0 unspecified atom stereocenters. The summed E-state index contributed by atoms with van der Waals surface area (Å²) >= 11 is 1.38. The number of halogens is 1. The molecule has 0 saturated carbocycles. The van der Waals surface area contributed by atoms with Crippen LogP contribution in [-0.4, -0.2) is 32.1 Å². The number of pyridine rings is 1. The number of carbonyl (C=O) groups is 1. The topological polar surface area (TPSA) is 73.7 Å². The molecule has 2 heterocycles. The molecule has 0 spiro atoms. The van der Waals surface area contributed by atoms with E-state index < -0.39 is 11.4 Å². The van der Waals surface area contributed by atoms with Crippen molar-refractivity contribution < 1.29 is 19.4 Å². The van der Waals surface area contributed by atoms with Gasteiger partial charge in [0.1, 0.15) is 16.8 Å². The zero-order valence-corrected chi connectivity index (χ0v) is 19.5. The highest BCUT2D eigenvalue weighted by Gasteiger charge is 2.49. The lowest BCUT2D eigenvalue weighted by Crippen LogP contribution is -2.57. The Bertz CT molecular complexity index is 1300. The van der Waals surface area contributed by atoms with Crippen molar-refractivity contribution in [3.63, 3.8) is 0 Å². The van der Waals surface area contributed by atoms with E-state index in [1.807, 2.05) is 48.5 Å². The third-order valence-corrected chi connectivity index (χ3v) is 7.45. The first-order valence-electron chi connectivity index (χ1n) is 11.2. The Balaban J connectivity index is 1.37. The maximum Gasteiger partial charge on any atom is 0.243 e. The molecule has 1 fully saturated rings. The van der Waals surface area contributed by atoms with E-state index in [1.54, 1.807) is 41.6 Å². The van der Waals surface area contributed by atoms with Gasteiger partial charge in [0, 0.05) is 23.8 Å². The summed E-state index contributed by atoms with van der Waals surface area (Å²) in [5.74, 6) is 0.0474. The van der Waals surface area contributed by atoms with Crippen LogP contribution in [-0.2, 0) is 4.79 Å². The summed E-state index contributed by atoms with van der Waals surface area (Å²) in [6.07, 6.45) is 2.67. The number of amides is 1. The van der Waals surface area contributed by atoms with E-state index in [0.29, 0.717) is 11.3 Å². The smallest absolute Gasteiger partial charge is 0.243 e. The average Bonchev–Trinajstić information content (AvgIpc) is 2.89. The normalized spacial score (nSPS) is 18.2. The second-order valence-electron chi connectivity index (χ2n) is 8.35. The Morgan fingerprint density at radius 1 is 0.886 bits per heavy atom. The van der Waals surface area contributed by atoms with Crippen molar-refractivity contribution in [2.45, 2.75) is 17.4 Å². The van der Waals surface area contributed by atoms with E-state index in [2.05, 4.69) is 4.98 Å². The number of β-lactam (4-membered cyclic amide) rings is 1.